The van der Waals surface area contributed by atoms with Gasteiger partial charge in [0.2, 0.25) is 0 Å². The zero-order chi connectivity index (χ0) is 21.5. The molecule has 0 saturated heterocycles. The van der Waals surface area contributed by atoms with Crippen molar-refractivity contribution in [3.05, 3.63) is 59.4 Å². The molecule has 1 N–H and O–H groups in total. The number of carbonyl (C=O) groups is 2. The fraction of sp³-hybridized carbons (Fsp3) is 0.348. The number of amides is 1. The van der Waals surface area contributed by atoms with Gasteiger partial charge in [0, 0.05) is 13.0 Å². The number of fused-ring (bicyclic) bond motifs is 1. The van der Waals surface area contributed by atoms with Gasteiger partial charge >= 0.3 is 5.97 Å². The molecule has 3 aromatic rings. The normalized spacial score (nSPS) is 10.8. The Hall–Kier alpha value is -3.35. The Morgan fingerprint density at radius 2 is 1.93 bits per heavy atom. The molecule has 1 amide bonds. The number of esters is 1. The Labute approximate surface area is 176 Å². The van der Waals surface area contributed by atoms with E-state index in [1.807, 2.05) is 60.9 Å². The van der Waals surface area contributed by atoms with Crippen molar-refractivity contribution >= 4 is 22.9 Å². The molecular weight excluding hydrogens is 382 g/mol. The summed E-state index contributed by atoms with van der Waals surface area (Å²) in [5.74, 6) is 0.915. The van der Waals surface area contributed by atoms with Crippen LogP contribution in [0.2, 0.25) is 0 Å². The first-order chi connectivity index (χ1) is 14.5. The highest BCUT2D eigenvalue weighted by atomic mass is 16.5. The van der Waals surface area contributed by atoms with Crippen LogP contribution >= 0.6 is 0 Å². The zero-order valence-corrected chi connectivity index (χ0v) is 17.6. The van der Waals surface area contributed by atoms with Gasteiger partial charge in [0.15, 0.2) is 6.61 Å². The van der Waals surface area contributed by atoms with Gasteiger partial charge in [0.05, 0.1) is 17.6 Å². The van der Waals surface area contributed by atoms with Crippen molar-refractivity contribution in [2.45, 2.75) is 33.7 Å². The molecule has 158 valence electrons. The van der Waals surface area contributed by atoms with Crippen molar-refractivity contribution in [1.82, 2.24) is 14.9 Å². The molecule has 0 atom stereocenters. The van der Waals surface area contributed by atoms with Crippen LogP contribution in [0.3, 0.4) is 0 Å². The number of para-hydroxylation sites is 2. The number of imidazole rings is 1. The maximum absolute atomic E-state index is 12.2. The summed E-state index contributed by atoms with van der Waals surface area (Å²) in [6.45, 7) is 6.46. The number of hydrogen-bond donors (Lipinski definition) is 1. The molecule has 0 aliphatic carbocycles. The van der Waals surface area contributed by atoms with E-state index in [1.54, 1.807) is 6.92 Å². The minimum absolute atomic E-state index is 0.0520. The quantitative estimate of drug-likeness (QED) is 0.550. The molecule has 0 unspecified atom stereocenters. The van der Waals surface area contributed by atoms with Crippen LogP contribution in [0.4, 0.5) is 0 Å². The second-order valence-electron chi connectivity index (χ2n) is 7.07. The standard InChI is InChI=1S/C23H27N3O4/c1-4-29-23(28)14-26-19-8-6-5-7-18(19)25-21(26)11-12-24-22(27)15-30-20-13-16(2)9-10-17(20)3/h5-10,13H,4,11-12,14-15H2,1-3H3,(H,24,27). The van der Waals surface area contributed by atoms with Crippen LogP contribution in [0.15, 0.2) is 42.5 Å². The first kappa shape index (κ1) is 21.4. The van der Waals surface area contributed by atoms with E-state index >= 15 is 0 Å². The second-order valence-corrected chi connectivity index (χ2v) is 7.07. The van der Waals surface area contributed by atoms with Gasteiger partial charge in [0.1, 0.15) is 18.1 Å². The van der Waals surface area contributed by atoms with Crippen LogP contribution in [0.1, 0.15) is 23.9 Å². The fourth-order valence-corrected chi connectivity index (χ4v) is 3.20. The van der Waals surface area contributed by atoms with E-state index in [9.17, 15) is 9.59 Å². The maximum atomic E-state index is 12.2. The first-order valence-corrected chi connectivity index (χ1v) is 10.0. The smallest absolute Gasteiger partial charge is 0.326 e. The summed E-state index contributed by atoms with van der Waals surface area (Å²) in [6.07, 6.45) is 0.489. The number of nitrogens with one attached hydrogen (secondary N) is 1. The maximum Gasteiger partial charge on any atom is 0.326 e. The van der Waals surface area contributed by atoms with Gasteiger partial charge in [-0.25, -0.2) is 4.98 Å². The lowest BCUT2D eigenvalue weighted by Gasteiger charge is -2.11. The highest BCUT2D eigenvalue weighted by Gasteiger charge is 2.14. The molecule has 1 heterocycles. The molecule has 1 aromatic heterocycles. The van der Waals surface area contributed by atoms with Crippen molar-refractivity contribution in [2.75, 3.05) is 19.8 Å². The van der Waals surface area contributed by atoms with Crippen LogP contribution < -0.4 is 10.1 Å². The summed E-state index contributed by atoms with van der Waals surface area (Å²) in [5, 5.41) is 2.85. The molecule has 3 rings (SSSR count). The van der Waals surface area contributed by atoms with E-state index in [0.717, 1.165) is 28.0 Å². The van der Waals surface area contributed by atoms with Crippen LogP contribution in [0.25, 0.3) is 11.0 Å². The van der Waals surface area contributed by atoms with E-state index in [0.29, 0.717) is 25.3 Å². The van der Waals surface area contributed by atoms with E-state index < -0.39 is 0 Å². The van der Waals surface area contributed by atoms with Crippen LogP contribution in [0, 0.1) is 13.8 Å². The Morgan fingerprint density at radius 1 is 1.13 bits per heavy atom. The summed E-state index contributed by atoms with van der Waals surface area (Å²) in [7, 11) is 0. The summed E-state index contributed by atoms with van der Waals surface area (Å²) in [4.78, 5) is 28.8. The van der Waals surface area contributed by atoms with Crippen molar-refractivity contribution in [3.8, 4) is 5.75 Å². The predicted octanol–water partition coefficient (Wildman–Crippen LogP) is 2.95. The Balaban J connectivity index is 1.59. The van der Waals surface area contributed by atoms with Crippen molar-refractivity contribution in [3.63, 3.8) is 0 Å². The lowest BCUT2D eigenvalue weighted by molar-refractivity contribution is -0.143. The van der Waals surface area contributed by atoms with E-state index in [1.165, 1.54) is 0 Å². The third kappa shape index (κ3) is 5.37. The zero-order valence-electron chi connectivity index (χ0n) is 17.6. The number of benzene rings is 2. The molecule has 30 heavy (non-hydrogen) atoms. The minimum atomic E-state index is -0.312. The van der Waals surface area contributed by atoms with Gasteiger partial charge in [0.25, 0.3) is 5.91 Å². The summed E-state index contributed by atoms with van der Waals surface area (Å²) in [5.41, 5.74) is 3.74. The summed E-state index contributed by atoms with van der Waals surface area (Å²) >= 11 is 0. The molecule has 7 nitrogen and oxygen atoms in total. The largest absolute Gasteiger partial charge is 0.483 e. The highest BCUT2D eigenvalue weighted by molar-refractivity contribution is 5.79. The molecule has 0 aliphatic rings. The number of carbonyl (C=O) groups excluding carboxylic acids is 2. The summed E-state index contributed by atoms with van der Waals surface area (Å²) in [6, 6.07) is 13.5. The van der Waals surface area contributed by atoms with Gasteiger partial charge in [-0.2, -0.15) is 0 Å². The first-order valence-electron chi connectivity index (χ1n) is 10.0. The average molecular weight is 409 g/mol. The molecule has 7 heteroatoms. The highest BCUT2D eigenvalue weighted by Crippen LogP contribution is 2.19. The molecule has 0 radical (unpaired) electrons. The van der Waals surface area contributed by atoms with Gasteiger partial charge in [-0.05, 0) is 50.1 Å². The summed E-state index contributed by atoms with van der Waals surface area (Å²) < 4.78 is 12.6. The molecule has 0 fully saturated rings. The molecular formula is C23H27N3O4. The predicted molar refractivity (Wildman–Crippen MR) is 114 cm³/mol. The van der Waals surface area contributed by atoms with Crippen molar-refractivity contribution in [1.29, 1.82) is 0 Å². The molecule has 2 aromatic carbocycles. The Kier molecular flexibility index (Phi) is 7.06. The topological polar surface area (TPSA) is 82.5 Å². The lowest BCUT2D eigenvalue weighted by Crippen LogP contribution is -2.31. The van der Waals surface area contributed by atoms with Crippen molar-refractivity contribution in [2.24, 2.45) is 0 Å². The number of hydrogen-bond acceptors (Lipinski definition) is 5. The van der Waals surface area contributed by atoms with E-state index in [-0.39, 0.29) is 25.0 Å². The average Bonchev–Trinajstić information content (AvgIpc) is 3.06. The van der Waals surface area contributed by atoms with Crippen LogP contribution in [-0.2, 0) is 27.3 Å². The van der Waals surface area contributed by atoms with Gasteiger partial charge in [-0.1, -0.05) is 24.3 Å². The molecule has 0 aliphatic heterocycles. The monoisotopic (exact) mass is 409 g/mol. The SMILES string of the molecule is CCOC(=O)Cn1c(CCNC(=O)COc2cc(C)ccc2C)nc2ccccc21. The number of rotatable bonds is 9. The molecule has 0 saturated carbocycles. The minimum Gasteiger partial charge on any atom is -0.483 e. The second kappa shape index (κ2) is 9.91. The van der Waals surface area contributed by atoms with Gasteiger partial charge in [-0.15, -0.1) is 0 Å². The van der Waals surface area contributed by atoms with E-state index in [2.05, 4.69) is 10.3 Å². The van der Waals surface area contributed by atoms with Crippen LogP contribution in [-0.4, -0.2) is 41.2 Å². The van der Waals surface area contributed by atoms with Crippen LogP contribution in [0.5, 0.6) is 5.75 Å². The number of nitrogens with zero attached hydrogens (tertiary/aromatic N) is 2. The molecule has 0 bridgehead atoms. The fourth-order valence-electron chi connectivity index (χ4n) is 3.20. The van der Waals surface area contributed by atoms with E-state index in [4.69, 9.17) is 9.47 Å². The Morgan fingerprint density at radius 3 is 2.73 bits per heavy atom. The van der Waals surface area contributed by atoms with Gasteiger partial charge in [-0.3, -0.25) is 9.59 Å². The van der Waals surface area contributed by atoms with Gasteiger partial charge < -0.3 is 19.4 Å². The lowest BCUT2D eigenvalue weighted by atomic mass is 10.1. The number of aryl methyl sites for hydroxylation is 2. The number of aromatic nitrogens is 2. The van der Waals surface area contributed by atoms with Crippen molar-refractivity contribution < 1.29 is 19.1 Å². The number of ether oxygens (including phenoxy) is 2. The third-order valence-electron chi connectivity index (χ3n) is 4.70. The third-order valence-corrected chi connectivity index (χ3v) is 4.70. The molecule has 0 spiro atoms. The Bertz CT molecular complexity index is 1040.